The first-order valence-electron chi connectivity index (χ1n) is 6.99. The van der Waals surface area contributed by atoms with Gasteiger partial charge >= 0.3 is 5.97 Å². The number of likely N-dealkylation sites (tertiary alicyclic amines) is 1. The zero-order valence-corrected chi connectivity index (χ0v) is 12.1. The molecular weight excluding hydrogens is 262 g/mol. The summed E-state index contributed by atoms with van der Waals surface area (Å²) < 4.78 is 4.99. The number of nitrogens with two attached hydrogens (primary N) is 1. The third kappa shape index (κ3) is 3.75. The van der Waals surface area contributed by atoms with Gasteiger partial charge in [-0.3, -0.25) is 9.59 Å². The Morgan fingerprint density at radius 3 is 2.75 bits per heavy atom. The predicted molar refractivity (Wildman–Crippen MR) is 73.8 cm³/mol. The van der Waals surface area contributed by atoms with Gasteiger partial charge in [-0.15, -0.1) is 4.91 Å². The van der Waals surface area contributed by atoms with E-state index in [-0.39, 0.29) is 37.3 Å². The molecule has 1 aliphatic heterocycles. The standard InChI is InChI=1S/C13H23N3O4/c1-3-20-11(17)10-5-4-8-16(9-10)12(18)13(2,15-19)6-7-14/h10H,3-9,14H2,1-2H3. The third-order valence-corrected chi connectivity index (χ3v) is 3.62. The number of carbonyl (C=O) groups is 2. The maximum absolute atomic E-state index is 12.4. The van der Waals surface area contributed by atoms with E-state index in [1.807, 2.05) is 0 Å². The molecule has 0 aromatic heterocycles. The monoisotopic (exact) mass is 285 g/mol. The van der Waals surface area contributed by atoms with E-state index in [0.29, 0.717) is 26.0 Å². The smallest absolute Gasteiger partial charge is 0.310 e. The fraction of sp³-hybridized carbons (Fsp3) is 0.846. The molecular formula is C13H23N3O4. The van der Waals surface area contributed by atoms with Gasteiger partial charge in [0.15, 0.2) is 5.54 Å². The quantitative estimate of drug-likeness (QED) is 0.570. The van der Waals surface area contributed by atoms with Crippen LogP contribution in [0.2, 0.25) is 0 Å². The van der Waals surface area contributed by atoms with Crippen molar-refractivity contribution in [1.82, 2.24) is 4.90 Å². The molecule has 0 radical (unpaired) electrons. The molecule has 7 heteroatoms. The molecule has 20 heavy (non-hydrogen) atoms. The molecule has 0 aromatic rings. The van der Waals surface area contributed by atoms with Gasteiger partial charge in [-0.1, -0.05) is 5.18 Å². The van der Waals surface area contributed by atoms with Crippen LogP contribution in [-0.2, 0) is 14.3 Å². The summed E-state index contributed by atoms with van der Waals surface area (Å²) in [5.41, 5.74) is 4.09. The Morgan fingerprint density at radius 1 is 1.50 bits per heavy atom. The second-order valence-corrected chi connectivity index (χ2v) is 5.25. The molecule has 1 amide bonds. The number of esters is 1. The fourth-order valence-corrected chi connectivity index (χ4v) is 2.43. The Morgan fingerprint density at radius 2 is 2.20 bits per heavy atom. The van der Waals surface area contributed by atoms with E-state index >= 15 is 0 Å². The lowest BCUT2D eigenvalue weighted by Gasteiger charge is -2.35. The Balaban J connectivity index is 2.73. The van der Waals surface area contributed by atoms with Crippen LogP contribution >= 0.6 is 0 Å². The van der Waals surface area contributed by atoms with Crippen LogP contribution in [0.3, 0.4) is 0 Å². The lowest BCUT2D eigenvalue weighted by Crippen LogP contribution is -2.51. The number of nitroso groups, excluding NO2 is 1. The lowest BCUT2D eigenvalue weighted by molar-refractivity contribution is -0.152. The molecule has 1 aliphatic rings. The maximum Gasteiger partial charge on any atom is 0.310 e. The number of nitrogens with zero attached hydrogens (tertiary/aromatic N) is 2. The zero-order valence-electron chi connectivity index (χ0n) is 12.1. The molecule has 0 aromatic carbocycles. The van der Waals surface area contributed by atoms with Crippen LogP contribution in [0.4, 0.5) is 0 Å². The van der Waals surface area contributed by atoms with Crippen LogP contribution in [-0.4, -0.2) is 48.6 Å². The number of carbonyl (C=O) groups excluding carboxylic acids is 2. The number of ether oxygens (including phenoxy) is 1. The average Bonchev–Trinajstić information content (AvgIpc) is 2.47. The van der Waals surface area contributed by atoms with E-state index in [9.17, 15) is 14.5 Å². The second-order valence-electron chi connectivity index (χ2n) is 5.25. The van der Waals surface area contributed by atoms with Crippen molar-refractivity contribution < 1.29 is 14.3 Å². The van der Waals surface area contributed by atoms with Crippen LogP contribution in [0.25, 0.3) is 0 Å². The summed E-state index contributed by atoms with van der Waals surface area (Å²) in [5.74, 6) is -0.960. The Hall–Kier alpha value is -1.50. The number of hydrogen-bond acceptors (Lipinski definition) is 6. The van der Waals surface area contributed by atoms with Crippen LogP contribution in [0, 0.1) is 10.8 Å². The van der Waals surface area contributed by atoms with Crippen LogP contribution in [0.1, 0.15) is 33.1 Å². The van der Waals surface area contributed by atoms with Gasteiger partial charge in [0.05, 0.1) is 12.5 Å². The fourth-order valence-electron chi connectivity index (χ4n) is 2.43. The molecule has 114 valence electrons. The molecule has 0 spiro atoms. The topological polar surface area (TPSA) is 102 Å². The van der Waals surface area contributed by atoms with Gasteiger partial charge in [0.2, 0.25) is 0 Å². The van der Waals surface area contributed by atoms with E-state index in [1.165, 1.54) is 11.8 Å². The van der Waals surface area contributed by atoms with E-state index in [4.69, 9.17) is 10.5 Å². The van der Waals surface area contributed by atoms with Gasteiger partial charge in [0, 0.05) is 13.1 Å². The highest BCUT2D eigenvalue weighted by molar-refractivity contribution is 5.87. The van der Waals surface area contributed by atoms with Gasteiger partial charge in [-0.25, -0.2) is 0 Å². The number of hydrogen-bond donors (Lipinski definition) is 1. The summed E-state index contributed by atoms with van der Waals surface area (Å²) in [6.45, 7) is 4.59. The summed E-state index contributed by atoms with van der Waals surface area (Å²) in [7, 11) is 0. The molecule has 2 atom stereocenters. The summed E-state index contributed by atoms with van der Waals surface area (Å²) in [6, 6.07) is 0. The third-order valence-electron chi connectivity index (χ3n) is 3.62. The van der Waals surface area contributed by atoms with Gasteiger partial charge in [0.25, 0.3) is 5.91 Å². The summed E-state index contributed by atoms with van der Waals surface area (Å²) in [5, 5.41) is 2.95. The second kappa shape index (κ2) is 7.33. The first-order chi connectivity index (χ1) is 9.48. The van der Waals surface area contributed by atoms with Crippen molar-refractivity contribution in [2.45, 2.75) is 38.6 Å². The van der Waals surface area contributed by atoms with Gasteiger partial charge in [0.1, 0.15) is 0 Å². The van der Waals surface area contributed by atoms with E-state index in [0.717, 1.165) is 0 Å². The Labute approximate surface area is 118 Å². The SMILES string of the molecule is CCOC(=O)C1CCCN(C(=O)C(C)(CCN)N=O)C1. The highest BCUT2D eigenvalue weighted by atomic mass is 16.5. The number of rotatable bonds is 6. The lowest BCUT2D eigenvalue weighted by atomic mass is 9.93. The normalized spacial score (nSPS) is 21.9. The molecule has 0 saturated carbocycles. The minimum Gasteiger partial charge on any atom is -0.466 e. The van der Waals surface area contributed by atoms with Crippen molar-refractivity contribution in [2.75, 3.05) is 26.2 Å². The molecule has 2 unspecified atom stereocenters. The highest BCUT2D eigenvalue weighted by Crippen LogP contribution is 2.24. The van der Waals surface area contributed by atoms with Crippen LogP contribution < -0.4 is 5.73 Å². The highest BCUT2D eigenvalue weighted by Gasteiger charge is 2.40. The molecule has 1 saturated heterocycles. The van der Waals surface area contributed by atoms with Crippen LogP contribution in [0.15, 0.2) is 5.18 Å². The number of piperidine rings is 1. The molecule has 1 rings (SSSR count). The molecule has 7 nitrogen and oxygen atoms in total. The van der Waals surface area contributed by atoms with Crippen molar-refractivity contribution >= 4 is 11.9 Å². The van der Waals surface area contributed by atoms with Crippen LogP contribution in [0.5, 0.6) is 0 Å². The first-order valence-corrected chi connectivity index (χ1v) is 6.99. The van der Waals surface area contributed by atoms with E-state index in [2.05, 4.69) is 5.18 Å². The molecule has 0 bridgehead atoms. The average molecular weight is 285 g/mol. The predicted octanol–water partition coefficient (Wildman–Crippen LogP) is 0.662. The summed E-state index contributed by atoms with van der Waals surface area (Å²) >= 11 is 0. The minimum absolute atomic E-state index is 0.204. The van der Waals surface area contributed by atoms with Crippen molar-refractivity contribution in [1.29, 1.82) is 0 Å². The first kappa shape index (κ1) is 16.6. The van der Waals surface area contributed by atoms with E-state index in [1.54, 1.807) is 6.92 Å². The molecule has 2 N–H and O–H groups in total. The van der Waals surface area contributed by atoms with Crippen molar-refractivity contribution in [2.24, 2.45) is 16.8 Å². The summed E-state index contributed by atoms with van der Waals surface area (Å²) in [6.07, 6.45) is 1.62. The zero-order chi connectivity index (χ0) is 15.2. The van der Waals surface area contributed by atoms with Gasteiger partial charge in [-0.05, 0) is 39.7 Å². The van der Waals surface area contributed by atoms with Crippen molar-refractivity contribution in [3.05, 3.63) is 4.91 Å². The number of amides is 1. The molecule has 0 aliphatic carbocycles. The molecule has 1 heterocycles. The largest absolute Gasteiger partial charge is 0.466 e. The van der Waals surface area contributed by atoms with Crippen molar-refractivity contribution in [3.8, 4) is 0 Å². The summed E-state index contributed by atoms with van der Waals surface area (Å²) in [4.78, 5) is 36.6. The van der Waals surface area contributed by atoms with Gasteiger partial charge < -0.3 is 15.4 Å². The minimum atomic E-state index is -1.34. The maximum atomic E-state index is 12.4. The Kier molecular flexibility index (Phi) is 6.06. The van der Waals surface area contributed by atoms with Crippen molar-refractivity contribution in [3.63, 3.8) is 0 Å². The van der Waals surface area contributed by atoms with Gasteiger partial charge in [-0.2, -0.15) is 0 Å². The van der Waals surface area contributed by atoms with E-state index < -0.39 is 5.54 Å². The Bertz CT molecular complexity index is 375. The molecule has 1 fully saturated rings.